The molecular formula is C12H19NO3. The topological polar surface area (TPSA) is 61.6 Å². The number of carbonyl (C=O) groups excluding carboxylic acids is 1. The number of carbonyl (C=O) groups is 1. The Morgan fingerprint density at radius 1 is 1.25 bits per heavy atom. The van der Waals surface area contributed by atoms with Crippen molar-refractivity contribution < 1.29 is 14.3 Å². The SMILES string of the molecule is COC12CC3CC(C1)C(OC(N)=O)C(C3)C2. The summed E-state index contributed by atoms with van der Waals surface area (Å²) in [6, 6.07) is 0. The molecule has 16 heavy (non-hydrogen) atoms. The number of amides is 1. The summed E-state index contributed by atoms with van der Waals surface area (Å²) in [5.41, 5.74) is 5.22. The summed E-state index contributed by atoms with van der Waals surface area (Å²) < 4.78 is 11.0. The third kappa shape index (κ3) is 1.43. The third-order valence-corrected chi connectivity index (χ3v) is 4.82. The molecule has 2 atom stereocenters. The number of ether oxygens (including phenoxy) is 2. The van der Waals surface area contributed by atoms with Crippen LogP contribution in [0.2, 0.25) is 0 Å². The van der Waals surface area contributed by atoms with Gasteiger partial charge in [0.1, 0.15) is 6.10 Å². The number of nitrogens with two attached hydrogens (primary N) is 1. The normalized spacial score (nSPS) is 49.3. The van der Waals surface area contributed by atoms with Crippen molar-refractivity contribution in [1.29, 1.82) is 0 Å². The number of hydrogen-bond donors (Lipinski definition) is 1. The van der Waals surface area contributed by atoms with Crippen LogP contribution in [0.4, 0.5) is 4.79 Å². The van der Waals surface area contributed by atoms with Gasteiger partial charge in [0.05, 0.1) is 5.60 Å². The highest BCUT2D eigenvalue weighted by Gasteiger charge is 2.56. The second kappa shape index (κ2) is 3.36. The van der Waals surface area contributed by atoms with Gasteiger partial charge in [-0.1, -0.05) is 0 Å². The fraction of sp³-hybridized carbons (Fsp3) is 0.917. The molecule has 1 amide bonds. The van der Waals surface area contributed by atoms with Crippen molar-refractivity contribution in [1.82, 2.24) is 0 Å². The second-order valence-electron chi connectivity index (χ2n) is 5.76. The predicted octanol–water partition coefficient (Wildman–Crippen LogP) is 1.68. The molecule has 0 aromatic carbocycles. The quantitative estimate of drug-likeness (QED) is 0.777. The van der Waals surface area contributed by atoms with Crippen LogP contribution in [0.15, 0.2) is 0 Å². The molecule has 0 saturated heterocycles. The lowest BCUT2D eigenvalue weighted by atomic mass is 9.53. The second-order valence-corrected chi connectivity index (χ2v) is 5.76. The zero-order valence-corrected chi connectivity index (χ0v) is 9.65. The van der Waals surface area contributed by atoms with Crippen molar-refractivity contribution in [3.63, 3.8) is 0 Å². The van der Waals surface area contributed by atoms with Gasteiger partial charge < -0.3 is 15.2 Å². The van der Waals surface area contributed by atoms with Crippen molar-refractivity contribution in [2.24, 2.45) is 23.5 Å². The maximum Gasteiger partial charge on any atom is 0.404 e. The van der Waals surface area contributed by atoms with Gasteiger partial charge in [0, 0.05) is 7.11 Å². The molecule has 0 aliphatic heterocycles. The minimum absolute atomic E-state index is 0.0531. The highest BCUT2D eigenvalue weighted by Crippen LogP contribution is 2.57. The van der Waals surface area contributed by atoms with Crippen LogP contribution in [0, 0.1) is 17.8 Å². The zero-order chi connectivity index (χ0) is 11.3. The van der Waals surface area contributed by atoms with Crippen LogP contribution in [0.25, 0.3) is 0 Å². The predicted molar refractivity (Wildman–Crippen MR) is 57.8 cm³/mol. The van der Waals surface area contributed by atoms with Crippen molar-refractivity contribution in [3.8, 4) is 0 Å². The van der Waals surface area contributed by atoms with E-state index in [1.807, 2.05) is 7.11 Å². The van der Waals surface area contributed by atoms with E-state index < -0.39 is 6.09 Å². The largest absolute Gasteiger partial charge is 0.446 e. The first-order valence-electron chi connectivity index (χ1n) is 6.13. The summed E-state index contributed by atoms with van der Waals surface area (Å²) in [4.78, 5) is 10.9. The van der Waals surface area contributed by atoms with Crippen molar-refractivity contribution in [3.05, 3.63) is 0 Å². The van der Waals surface area contributed by atoms with E-state index in [2.05, 4.69) is 0 Å². The van der Waals surface area contributed by atoms with Crippen LogP contribution in [0.3, 0.4) is 0 Å². The number of methoxy groups -OCH3 is 1. The molecule has 0 spiro atoms. The van der Waals surface area contributed by atoms with E-state index in [1.165, 1.54) is 19.3 Å². The molecule has 4 nitrogen and oxygen atoms in total. The van der Waals surface area contributed by atoms with E-state index in [0.29, 0.717) is 11.8 Å². The molecule has 4 heteroatoms. The van der Waals surface area contributed by atoms with Gasteiger partial charge in [-0.05, 0) is 49.9 Å². The van der Waals surface area contributed by atoms with Crippen LogP contribution >= 0.6 is 0 Å². The van der Waals surface area contributed by atoms with Crippen LogP contribution < -0.4 is 5.73 Å². The number of primary amides is 1. The Bertz CT molecular complexity index is 301. The number of rotatable bonds is 2. The van der Waals surface area contributed by atoms with Crippen LogP contribution in [0.5, 0.6) is 0 Å². The van der Waals surface area contributed by atoms with Gasteiger partial charge in [0.2, 0.25) is 0 Å². The lowest BCUT2D eigenvalue weighted by Gasteiger charge is -2.58. The van der Waals surface area contributed by atoms with Crippen molar-refractivity contribution in [2.75, 3.05) is 7.11 Å². The summed E-state index contributed by atoms with van der Waals surface area (Å²) in [6.07, 6.45) is 5.06. The third-order valence-electron chi connectivity index (χ3n) is 4.82. The Kier molecular flexibility index (Phi) is 2.18. The Morgan fingerprint density at radius 3 is 2.38 bits per heavy atom. The smallest absolute Gasteiger partial charge is 0.404 e. The van der Waals surface area contributed by atoms with E-state index in [9.17, 15) is 4.79 Å². The van der Waals surface area contributed by atoms with Crippen molar-refractivity contribution >= 4 is 6.09 Å². The zero-order valence-electron chi connectivity index (χ0n) is 9.65. The molecule has 2 N–H and O–H groups in total. The molecule has 0 aromatic heterocycles. The van der Waals surface area contributed by atoms with E-state index in [0.717, 1.165) is 18.8 Å². The molecule has 90 valence electrons. The Hall–Kier alpha value is -0.770. The first-order chi connectivity index (χ1) is 7.62. The van der Waals surface area contributed by atoms with Gasteiger partial charge in [0.15, 0.2) is 0 Å². The fourth-order valence-electron chi connectivity index (χ4n) is 4.48. The maximum absolute atomic E-state index is 10.9. The first kappa shape index (κ1) is 10.4. The molecule has 0 heterocycles. The molecule has 4 saturated carbocycles. The Labute approximate surface area is 95.5 Å². The molecule has 4 aliphatic rings. The lowest BCUT2D eigenvalue weighted by molar-refractivity contribution is -0.188. The molecule has 4 fully saturated rings. The van der Waals surface area contributed by atoms with Crippen LogP contribution in [-0.4, -0.2) is 24.9 Å². The Balaban J connectivity index is 1.81. The fourth-order valence-corrected chi connectivity index (χ4v) is 4.48. The average Bonchev–Trinajstić information content (AvgIpc) is 2.22. The average molecular weight is 225 g/mol. The van der Waals surface area contributed by atoms with E-state index in [1.54, 1.807) is 0 Å². The molecule has 0 radical (unpaired) electrons. The van der Waals surface area contributed by atoms with Gasteiger partial charge in [0.25, 0.3) is 0 Å². The molecule has 4 aliphatic carbocycles. The van der Waals surface area contributed by atoms with E-state index in [4.69, 9.17) is 15.2 Å². The minimum atomic E-state index is -0.621. The van der Waals surface area contributed by atoms with Gasteiger partial charge in [-0.15, -0.1) is 0 Å². The summed E-state index contributed by atoms with van der Waals surface area (Å²) in [5, 5.41) is 0. The summed E-state index contributed by atoms with van der Waals surface area (Å²) in [7, 11) is 1.82. The van der Waals surface area contributed by atoms with Gasteiger partial charge in [-0.25, -0.2) is 4.79 Å². The molecule has 0 aromatic rings. The number of hydrogen-bond acceptors (Lipinski definition) is 3. The highest BCUT2D eigenvalue weighted by atomic mass is 16.6. The van der Waals surface area contributed by atoms with Gasteiger partial charge >= 0.3 is 6.09 Å². The highest BCUT2D eigenvalue weighted by molar-refractivity contribution is 5.64. The van der Waals surface area contributed by atoms with Gasteiger partial charge in [-0.3, -0.25) is 0 Å². The van der Waals surface area contributed by atoms with E-state index in [-0.39, 0.29) is 11.7 Å². The maximum atomic E-state index is 10.9. The first-order valence-corrected chi connectivity index (χ1v) is 6.13. The molecule has 4 bridgehead atoms. The lowest BCUT2D eigenvalue weighted by Crippen LogP contribution is -2.58. The van der Waals surface area contributed by atoms with Crippen LogP contribution in [-0.2, 0) is 9.47 Å². The molecule has 2 unspecified atom stereocenters. The Morgan fingerprint density at radius 2 is 1.88 bits per heavy atom. The van der Waals surface area contributed by atoms with Crippen molar-refractivity contribution in [2.45, 2.75) is 43.8 Å². The van der Waals surface area contributed by atoms with Gasteiger partial charge in [-0.2, -0.15) is 0 Å². The monoisotopic (exact) mass is 225 g/mol. The minimum Gasteiger partial charge on any atom is -0.446 e. The summed E-state index contributed by atoms with van der Waals surface area (Å²) in [5.74, 6) is 1.71. The van der Waals surface area contributed by atoms with E-state index >= 15 is 0 Å². The van der Waals surface area contributed by atoms with Crippen LogP contribution in [0.1, 0.15) is 32.1 Å². The summed E-state index contributed by atoms with van der Waals surface area (Å²) in [6.45, 7) is 0. The molecule has 4 rings (SSSR count). The standard InChI is InChI=1S/C12H19NO3/c1-15-12-4-7-2-8(5-12)10(16-11(13)14)9(3-7)6-12/h7-10H,2-6H2,1H3,(H2,13,14). The molecular weight excluding hydrogens is 206 g/mol. The summed E-state index contributed by atoms with van der Waals surface area (Å²) >= 11 is 0.